The molecule has 1 aromatic heterocycles. The second kappa shape index (κ2) is 7.58. The van der Waals surface area contributed by atoms with Crippen molar-refractivity contribution in [1.29, 1.82) is 0 Å². The molecule has 0 aliphatic heterocycles. The van der Waals surface area contributed by atoms with Crippen LogP contribution in [-0.2, 0) is 11.2 Å². The van der Waals surface area contributed by atoms with E-state index in [-0.39, 0.29) is 17.2 Å². The van der Waals surface area contributed by atoms with Crippen molar-refractivity contribution in [2.75, 3.05) is 27.3 Å². The van der Waals surface area contributed by atoms with Crippen molar-refractivity contribution in [2.24, 2.45) is 0 Å². The predicted octanol–water partition coefficient (Wildman–Crippen LogP) is 2.89. The highest BCUT2D eigenvalue weighted by atomic mass is 16.5. The summed E-state index contributed by atoms with van der Waals surface area (Å²) in [5.74, 6) is -0.303. The average molecular weight is 353 g/mol. The Morgan fingerprint density at radius 1 is 1.31 bits per heavy atom. The number of nitrogens with one attached hydrogen (secondary N) is 1. The molecule has 0 aliphatic rings. The number of likely N-dealkylation sites (N-methyl/N-ethyl adjacent to an activating group) is 1. The third-order valence-electron chi connectivity index (χ3n) is 4.59. The first kappa shape index (κ1) is 17.9. The van der Waals surface area contributed by atoms with Crippen molar-refractivity contribution in [2.45, 2.75) is 13.3 Å². The van der Waals surface area contributed by atoms with Gasteiger partial charge in [-0.3, -0.25) is 9.89 Å². The molecule has 0 spiro atoms. The number of rotatable bonds is 6. The molecule has 3 aromatic rings. The van der Waals surface area contributed by atoms with Crippen LogP contribution in [0.4, 0.5) is 0 Å². The van der Waals surface area contributed by atoms with Gasteiger partial charge in [0.2, 0.25) is 0 Å². The van der Waals surface area contributed by atoms with Gasteiger partial charge in [-0.05, 0) is 24.1 Å². The number of nitrogens with zero attached hydrogens (tertiary/aromatic N) is 2. The fraction of sp³-hybridized carbons (Fsp3) is 0.300. The lowest BCUT2D eigenvalue weighted by Crippen LogP contribution is -2.30. The number of phenols is 1. The highest BCUT2D eigenvalue weighted by Crippen LogP contribution is 2.28. The molecule has 2 aromatic carbocycles. The van der Waals surface area contributed by atoms with E-state index < -0.39 is 0 Å². The summed E-state index contributed by atoms with van der Waals surface area (Å²) in [5.41, 5.74) is 4.20. The number of methoxy groups -OCH3 is 1. The van der Waals surface area contributed by atoms with Gasteiger partial charge in [0.25, 0.3) is 5.91 Å². The minimum Gasteiger partial charge on any atom is -0.507 e. The first-order valence-electron chi connectivity index (χ1n) is 8.50. The summed E-state index contributed by atoms with van der Waals surface area (Å²) in [6.07, 6.45) is 0.657. The first-order valence-corrected chi connectivity index (χ1v) is 8.50. The second-order valence-corrected chi connectivity index (χ2v) is 6.41. The van der Waals surface area contributed by atoms with Crippen LogP contribution in [0.2, 0.25) is 0 Å². The molecule has 136 valence electrons. The summed E-state index contributed by atoms with van der Waals surface area (Å²) in [7, 11) is 3.28. The van der Waals surface area contributed by atoms with Gasteiger partial charge in [-0.15, -0.1) is 0 Å². The van der Waals surface area contributed by atoms with Gasteiger partial charge < -0.3 is 14.7 Å². The largest absolute Gasteiger partial charge is 0.507 e. The molecule has 6 heteroatoms. The summed E-state index contributed by atoms with van der Waals surface area (Å²) in [5, 5.41) is 18.4. The van der Waals surface area contributed by atoms with Crippen LogP contribution in [0.15, 0.2) is 36.4 Å². The van der Waals surface area contributed by atoms with Crippen LogP contribution in [0.25, 0.3) is 10.9 Å². The van der Waals surface area contributed by atoms with E-state index in [0.29, 0.717) is 25.1 Å². The van der Waals surface area contributed by atoms with Crippen LogP contribution in [0, 0.1) is 6.92 Å². The van der Waals surface area contributed by atoms with Crippen LogP contribution in [0.1, 0.15) is 27.2 Å². The number of phenolic OH excluding ortho intramolecular Hbond substituents is 1. The maximum atomic E-state index is 12.6. The minimum absolute atomic E-state index is 0.0575. The number of hydrogen-bond donors (Lipinski definition) is 2. The van der Waals surface area contributed by atoms with Gasteiger partial charge >= 0.3 is 0 Å². The second-order valence-electron chi connectivity index (χ2n) is 6.41. The van der Waals surface area contributed by atoms with Gasteiger partial charge in [0.05, 0.1) is 23.4 Å². The number of ether oxygens (including phenoxy) is 1. The molecule has 0 fully saturated rings. The molecule has 0 radical (unpaired) electrons. The fourth-order valence-electron chi connectivity index (χ4n) is 2.94. The molecule has 1 amide bonds. The third-order valence-corrected chi connectivity index (χ3v) is 4.59. The Morgan fingerprint density at radius 3 is 2.81 bits per heavy atom. The molecule has 0 unspecified atom stereocenters. The van der Waals surface area contributed by atoms with E-state index in [4.69, 9.17) is 4.74 Å². The van der Waals surface area contributed by atoms with Crippen molar-refractivity contribution in [3.8, 4) is 5.75 Å². The normalized spacial score (nSPS) is 11.0. The highest BCUT2D eigenvalue weighted by Gasteiger charge is 2.19. The SMILES string of the molecule is COCCN(C)C(=O)c1cc2c(Cc3ccccc3C)n[nH]c2cc1O. The van der Waals surface area contributed by atoms with E-state index in [2.05, 4.69) is 29.3 Å². The fourth-order valence-corrected chi connectivity index (χ4v) is 2.94. The smallest absolute Gasteiger partial charge is 0.257 e. The van der Waals surface area contributed by atoms with Crippen molar-refractivity contribution in [3.05, 3.63) is 58.8 Å². The molecule has 3 rings (SSSR count). The molecule has 2 N–H and O–H groups in total. The van der Waals surface area contributed by atoms with E-state index >= 15 is 0 Å². The molecule has 0 bridgehead atoms. The number of aryl methyl sites for hydroxylation is 1. The number of benzene rings is 2. The van der Waals surface area contributed by atoms with Gasteiger partial charge in [0, 0.05) is 38.6 Å². The number of aromatic hydroxyl groups is 1. The summed E-state index contributed by atoms with van der Waals surface area (Å²) in [6.45, 7) is 2.96. The lowest BCUT2D eigenvalue weighted by Gasteiger charge is -2.17. The highest BCUT2D eigenvalue weighted by molar-refractivity contribution is 6.01. The summed E-state index contributed by atoms with van der Waals surface area (Å²) < 4.78 is 5.01. The molecular weight excluding hydrogens is 330 g/mol. The summed E-state index contributed by atoms with van der Waals surface area (Å²) in [4.78, 5) is 14.2. The van der Waals surface area contributed by atoms with Gasteiger partial charge in [-0.25, -0.2) is 0 Å². The lowest BCUT2D eigenvalue weighted by atomic mass is 10.0. The van der Waals surface area contributed by atoms with Gasteiger partial charge in [0.1, 0.15) is 5.75 Å². The quantitative estimate of drug-likeness (QED) is 0.714. The summed E-state index contributed by atoms with van der Waals surface area (Å²) >= 11 is 0. The van der Waals surface area contributed by atoms with E-state index in [0.717, 1.165) is 11.1 Å². The number of aromatic amines is 1. The maximum absolute atomic E-state index is 12.6. The monoisotopic (exact) mass is 353 g/mol. The van der Waals surface area contributed by atoms with Crippen LogP contribution in [0.3, 0.4) is 0 Å². The number of fused-ring (bicyclic) bond motifs is 1. The van der Waals surface area contributed by atoms with E-state index in [9.17, 15) is 9.90 Å². The molecule has 26 heavy (non-hydrogen) atoms. The lowest BCUT2D eigenvalue weighted by molar-refractivity contribution is 0.0741. The minimum atomic E-state index is -0.246. The topological polar surface area (TPSA) is 78.5 Å². The predicted molar refractivity (Wildman–Crippen MR) is 101 cm³/mol. The Labute approximate surface area is 152 Å². The zero-order valence-corrected chi connectivity index (χ0v) is 15.2. The van der Waals surface area contributed by atoms with Gasteiger partial charge in [-0.1, -0.05) is 24.3 Å². The number of hydrogen-bond acceptors (Lipinski definition) is 4. The van der Waals surface area contributed by atoms with Crippen LogP contribution >= 0.6 is 0 Å². The Morgan fingerprint density at radius 2 is 2.08 bits per heavy atom. The zero-order chi connectivity index (χ0) is 18.7. The van der Waals surface area contributed by atoms with Crippen molar-refractivity contribution >= 4 is 16.8 Å². The number of carbonyl (C=O) groups is 1. The molecule has 0 saturated heterocycles. The molecule has 1 heterocycles. The molecule has 6 nitrogen and oxygen atoms in total. The molecule has 0 aliphatic carbocycles. The molecular formula is C20H23N3O3. The van der Waals surface area contributed by atoms with Crippen molar-refractivity contribution in [3.63, 3.8) is 0 Å². The first-order chi connectivity index (χ1) is 12.5. The Hall–Kier alpha value is -2.86. The average Bonchev–Trinajstić information content (AvgIpc) is 3.01. The van der Waals surface area contributed by atoms with E-state index in [1.165, 1.54) is 16.0 Å². The van der Waals surface area contributed by atoms with Crippen molar-refractivity contribution in [1.82, 2.24) is 15.1 Å². The maximum Gasteiger partial charge on any atom is 0.257 e. The number of carbonyl (C=O) groups excluding carboxylic acids is 1. The van der Waals surface area contributed by atoms with Crippen LogP contribution in [-0.4, -0.2) is 53.4 Å². The van der Waals surface area contributed by atoms with Gasteiger partial charge in [0.15, 0.2) is 0 Å². The number of amides is 1. The summed E-state index contributed by atoms with van der Waals surface area (Å²) in [6, 6.07) is 11.4. The Kier molecular flexibility index (Phi) is 5.23. The Bertz CT molecular complexity index is 933. The van der Waals surface area contributed by atoms with Crippen LogP contribution < -0.4 is 0 Å². The zero-order valence-electron chi connectivity index (χ0n) is 15.2. The standard InChI is InChI=1S/C20H23N3O3/c1-13-6-4-5-7-14(13)10-17-15-11-16(19(24)12-18(15)22-21-17)20(25)23(2)8-9-26-3/h4-7,11-12,24H,8-10H2,1-3H3,(H,21,22). The number of aromatic nitrogens is 2. The van der Waals surface area contributed by atoms with Gasteiger partial charge in [-0.2, -0.15) is 5.10 Å². The molecule has 0 saturated carbocycles. The van der Waals surface area contributed by atoms with Crippen LogP contribution in [0.5, 0.6) is 5.75 Å². The number of H-pyrrole nitrogens is 1. The van der Waals surface area contributed by atoms with Crippen molar-refractivity contribution < 1.29 is 14.6 Å². The van der Waals surface area contributed by atoms with E-state index in [1.807, 2.05) is 12.1 Å². The third kappa shape index (κ3) is 3.55. The van der Waals surface area contributed by atoms with E-state index in [1.54, 1.807) is 26.3 Å². The Balaban J connectivity index is 1.96. The molecule has 0 atom stereocenters.